The third kappa shape index (κ3) is 3.60. The van der Waals surface area contributed by atoms with E-state index in [1.807, 2.05) is 49.4 Å². The summed E-state index contributed by atoms with van der Waals surface area (Å²) in [5.41, 5.74) is 4.92. The van der Waals surface area contributed by atoms with Gasteiger partial charge < -0.3 is 5.32 Å². The van der Waals surface area contributed by atoms with Crippen LogP contribution in [0.25, 0.3) is 5.69 Å². The van der Waals surface area contributed by atoms with Crippen LogP contribution in [0.1, 0.15) is 16.7 Å². The first kappa shape index (κ1) is 14.9. The number of tetrazole rings is 1. The summed E-state index contributed by atoms with van der Waals surface area (Å²) in [6.45, 7) is 4.11. The maximum Gasteiger partial charge on any atom is 0.228 e. The SMILES string of the molecule is Cc1ccc(CC(=O)Nc2cccc(-n3cnnn3)c2)cc1C. The highest BCUT2D eigenvalue weighted by molar-refractivity contribution is 5.92. The highest BCUT2D eigenvalue weighted by Crippen LogP contribution is 2.15. The lowest BCUT2D eigenvalue weighted by atomic mass is 10.0. The molecular weight excluding hydrogens is 290 g/mol. The Bertz CT molecular complexity index is 827. The number of aryl methyl sites for hydroxylation is 2. The summed E-state index contributed by atoms with van der Waals surface area (Å²) in [4.78, 5) is 12.2. The lowest BCUT2D eigenvalue weighted by molar-refractivity contribution is -0.115. The lowest BCUT2D eigenvalue weighted by Gasteiger charge is -2.08. The number of carbonyl (C=O) groups excluding carboxylic acids is 1. The lowest BCUT2D eigenvalue weighted by Crippen LogP contribution is -2.14. The fourth-order valence-corrected chi connectivity index (χ4v) is 2.31. The summed E-state index contributed by atoms with van der Waals surface area (Å²) < 4.78 is 1.54. The number of rotatable bonds is 4. The van der Waals surface area contributed by atoms with E-state index in [4.69, 9.17) is 0 Å². The third-order valence-corrected chi connectivity index (χ3v) is 3.68. The first-order valence-electron chi connectivity index (χ1n) is 7.31. The van der Waals surface area contributed by atoms with Crippen LogP contribution in [-0.2, 0) is 11.2 Å². The molecule has 3 aromatic rings. The predicted octanol–water partition coefficient (Wildman–Crippen LogP) is 2.46. The molecule has 1 aromatic heterocycles. The summed E-state index contributed by atoms with van der Waals surface area (Å²) in [6.07, 6.45) is 1.85. The molecule has 1 amide bonds. The van der Waals surface area contributed by atoms with Gasteiger partial charge in [0.25, 0.3) is 0 Å². The average Bonchev–Trinajstić information content (AvgIpc) is 3.05. The molecule has 0 aliphatic heterocycles. The number of carbonyl (C=O) groups is 1. The van der Waals surface area contributed by atoms with Gasteiger partial charge in [-0.3, -0.25) is 4.79 Å². The van der Waals surface area contributed by atoms with Crippen LogP contribution >= 0.6 is 0 Å². The van der Waals surface area contributed by atoms with Crippen molar-refractivity contribution in [1.29, 1.82) is 0 Å². The van der Waals surface area contributed by atoms with Crippen LogP contribution in [0.5, 0.6) is 0 Å². The van der Waals surface area contributed by atoms with Crippen molar-refractivity contribution in [3.8, 4) is 5.69 Å². The van der Waals surface area contributed by atoms with Crippen molar-refractivity contribution < 1.29 is 4.79 Å². The Morgan fingerprint density at radius 3 is 2.74 bits per heavy atom. The number of nitrogens with one attached hydrogen (secondary N) is 1. The summed E-state index contributed by atoms with van der Waals surface area (Å²) >= 11 is 0. The Hall–Kier alpha value is -3.02. The van der Waals surface area contributed by atoms with Gasteiger partial charge in [0.15, 0.2) is 0 Å². The van der Waals surface area contributed by atoms with Crippen LogP contribution in [-0.4, -0.2) is 26.1 Å². The molecule has 3 rings (SSSR count). The molecule has 0 fully saturated rings. The van der Waals surface area contributed by atoms with Crippen LogP contribution in [0.4, 0.5) is 5.69 Å². The minimum Gasteiger partial charge on any atom is -0.326 e. The van der Waals surface area contributed by atoms with Crippen LogP contribution < -0.4 is 5.32 Å². The van der Waals surface area contributed by atoms with E-state index in [1.54, 1.807) is 4.68 Å². The summed E-state index contributed by atoms with van der Waals surface area (Å²) in [5.74, 6) is -0.0536. The fraction of sp³-hybridized carbons (Fsp3) is 0.176. The van der Waals surface area contributed by atoms with Crippen molar-refractivity contribution in [2.45, 2.75) is 20.3 Å². The Balaban J connectivity index is 1.70. The molecule has 0 bridgehead atoms. The Morgan fingerprint density at radius 2 is 2.00 bits per heavy atom. The number of benzene rings is 2. The van der Waals surface area contributed by atoms with E-state index in [0.717, 1.165) is 11.3 Å². The average molecular weight is 307 g/mol. The molecule has 0 saturated heterocycles. The monoisotopic (exact) mass is 307 g/mol. The molecule has 0 aliphatic carbocycles. The van der Waals surface area contributed by atoms with Gasteiger partial charge >= 0.3 is 0 Å². The highest BCUT2D eigenvalue weighted by atomic mass is 16.1. The zero-order chi connectivity index (χ0) is 16.2. The van der Waals surface area contributed by atoms with Crippen LogP contribution in [0.15, 0.2) is 48.8 Å². The van der Waals surface area contributed by atoms with Crippen molar-refractivity contribution in [3.05, 3.63) is 65.5 Å². The van der Waals surface area contributed by atoms with Crippen molar-refractivity contribution in [3.63, 3.8) is 0 Å². The van der Waals surface area contributed by atoms with E-state index >= 15 is 0 Å². The van der Waals surface area contributed by atoms with E-state index in [1.165, 1.54) is 17.5 Å². The minimum atomic E-state index is -0.0536. The fourth-order valence-electron chi connectivity index (χ4n) is 2.31. The van der Waals surface area contributed by atoms with Gasteiger partial charge in [-0.15, -0.1) is 5.10 Å². The van der Waals surface area contributed by atoms with E-state index in [-0.39, 0.29) is 5.91 Å². The highest BCUT2D eigenvalue weighted by Gasteiger charge is 2.06. The molecule has 2 aromatic carbocycles. The van der Waals surface area contributed by atoms with Crippen molar-refractivity contribution in [1.82, 2.24) is 20.2 Å². The van der Waals surface area contributed by atoms with Gasteiger partial charge in [0.1, 0.15) is 6.33 Å². The number of anilines is 1. The molecule has 6 heteroatoms. The topological polar surface area (TPSA) is 72.7 Å². The second-order valence-corrected chi connectivity index (χ2v) is 5.45. The number of amides is 1. The van der Waals surface area contributed by atoms with Gasteiger partial charge in [-0.25, -0.2) is 4.68 Å². The third-order valence-electron chi connectivity index (χ3n) is 3.68. The van der Waals surface area contributed by atoms with Crippen molar-refractivity contribution >= 4 is 11.6 Å². The molecule has 0 spiro atoms. The maximum absolute atomic E-state index is 12.2. The zero-order valence-corrected chi connectivity index (χ0v) is 13.0. The second-order valence-electron chi connectivity index (χ2n) is 5.45. The van der Waals surface area contributed by atoms with Crippen LogP contribution in [0.2, 0.25) is 0 Å². The van der Waals surface area contributed by atoms with Crippen LogP contribution in [0, 0.1) is 13.8 Å². The summed E-state index contributed by atoms with van der Waals surface area (Å²) in [6, 6.07) is 13.5. The van der Waals surface area contributed by atoms with E-state index in [2.05, 4.69) is 27.8 Å². The number of nitrogens with zero attached hydrogens (tertiary/aromatic N) is 4. The van der Waals surface area contributed by atoms with Gasteiger partial charge in [-0.05, 0) is 59.2 Å². The van der Waals surface area contributed by atoms with Gasteiger partial charge in [0.2, 0.25) is 5.91 Å². The Kier molecular flexibility index (Phi) is 4.14. The van der Waals surface area contributed by atoms with Gasteiger partial charge in [0, 0.05) is 5.69 Å². The Morgan fingerprint density at radius 1 is 1.13 bits per heavy atom. The maximum atomic E-state index is 12.2. The van der Waals surface area contributed by atoms with E-state index < -0.39 is 0 Å². The van der Waals surface area contributed by atoms with Gasteiger partial charge in [-0.1, -0.05) is 24.3 Å². The molecule has 116 valence electrons. The van der Waals surface area contributed by atoms with Gasteiger partial charge in [-0.2, -0.15) is 0 Å². The molecule has 1 heterocycles. The molecule has 23 heavy (non-hydrogen) atoms. The first-order chi connectivity index (χ1) is 11.1. The van der Waals surface area contributed by atoms with E-state index in [0.29, 0.717) is 12.1 Å². The largest absolute Gasteiger partial charge is 0.326 e. The smallest absolute Gasteiger partial charge is 0.228 e. The first-order valence-corrected chi connectivity index (χ1v) is 7.31. The quantitative estimate of drug-likeness (QED) is 0.803. The zero-order valence-electron chi connectivity index (χ0n) is 13.0. The Labute approximate surface area is 134 Å². The molecule has 0 radical (unpaired) electrons. The normalized spacial score (nSPS) is 10.5. The second kappa shape index (κ2) is 6.39. The summed E-state index contributed by atoms with van der Waals surface area (Å²) in [7, 11) is 0. The van der Waals surface area contributed by atoms with Gasteiger partial charge in [0.05, 0.1) is 12.1 Å². The van der Waals surface area contributed by atoms with Crippen LogP contribution in [0.3, 0.4) is 0 Å². The molecule has 1 N–H and O–H groups in total. The molecule has 0 saturated carbocycles. The number of hydrogen-bond donors (Lipinski definition) is 1. The molecule has 6 nitrogen and oxygen atoms in total. The minimum absolute atomic E-state index is 0.0536. The summed E-state index contributed by atoms with van der Waals surface area (Å²) in [5, 5.41) is 14.0. The molecular formula is C17H17N5O. The molecule has 0 unspecified atom stereocenters. The standard InChI is InChI=1S/C17H17N5O/c1-12-6-7-14(8-13(12)2)9-17(23)19-15-4-3-5-16(10-15)22-11-18-20-21-22/h3-8,10-11H,9H2,1-2H3,(H,19,23). The number of aromatic nitrogens is 4. The molecule has 0 atom stereocenters. The van der Waals surface area contributed by atoms with Crippen molar-refractivity contribution in [2.24, 2.45) is 0 Å². The molecule has 0 aliphatic rings. The van der Waals surface area contributed by atoms with Crippen molar-refractivity contribution in [2.75, 3.05) is 5.32 Å². The predicted molar refractivity (Wildman–Crippen MR) is 87.4 cm³/mol. The number of hydrogen-bond acceptors (Lipinski definition) is 4. The van der Waals surface area contributed by atoms with E-state index in [9.17, 15) is 4.79 Å².